The minimum absolute atomic E-state index is 0.0883. The van der Waals surface area contributed by atoms with Crippen molar-refractivity contribution in [3.63, 3.8) is 0 Å². The fourth-order valence-corrected chi connectivity index (χ4v) is 1.70. The van der Waals surface area contributed by atoms with Gasteiger partial charge < -0.3 is 14.5 Å². The number of ether oxygens (including phenoxy) is 1. The highest BCUT2D eigenvalue weighted by atomic mass is 16.5. The summed E-state index contributed by atoms with van der Waals surface area (Å²) in [5, 5.41) is 3.44. The van der Waals surface area contributed by atoms with Crippen LogP contribution in [0.4, 0.5) is 0 Å². The maximum absolute atomic E-state index is 5.45. The second-order valence-electron chi connectivity index (χ2n) is 4.04. The lowest BCUT2D eigenvalue weighted by molar-refractivity contribution is 0.0270. The largest absolute Gasteiger partial charge is 0.447 e. The van der Waals surface area contributed by atoms with E-state index in [-0.39, 0.29) is 5.54 Å². The molecule has 0 aromatic carbocycles. The molecule has 1 aliphatic rings. The van der Waals surface area contributed by atoms with Crippen LogP contribution in [0.25, 0.3) is 0 Å². The van der Waals surface area contributed by atoms with Crippen molar-refractivity contribution in [2.24, 2.45) is 0 Å². The molecule has 1 aromatic rings. The summed E-state index contributed by atoms with van der Waals surface area (Å²) in [6.07, 6.45) is 5.47. The molecule has 2 heterocycles. The van der Waals surface area contributed by atoms with E-state index in [1.165, 1.54) is 6.39 Å². The third-order valence-electron chi connectivity index (χ3n) is 2.61. The summed E-state index contributed by atoms with van der Waals surface area (Å²) in [5.74, 6) is 0.872. The molecular weight excluding hydrogens is 180 g/mol. The second kappa shape index (κ2) is 4.11. The van der Waals surface area contributed by atoms with Gasteiger partial charge in [-0.3, -0.25) is 0 Å². The van der Waals surface area contributed by atoms with Crippen molar-refractivity contribution in [3.05, 3.63) is 18.4 Å². The fourth-order valence-electron chi connectivity index (χ4n) is 1.70. The Labute approximate surface area is 83.7 Å². The number of hydrogen-bond acceptors (Lipinski definition) is 4. The summed E-state index contributed by atoms with van der Waals surface area (Å²) in [6.45, 7) is 4.57. The number of hydrogen-bond donors (Lipinski definition) is 1. The van der Waals surface area contributed by atoms with E-state index in [1.54, 1.807) is 6.20 Å². The third kappa shape index (κ3) is 2.33. The highest BCUT2D eigenvalue weighted by molar-refractivity contribution is 4.92. The van der Waals surface area contributed by atoms with Crippen LogP contribution < -0.4 is 5.32 Å². The molecule has 0 aliphatic carbocycles. The standard InChI is InChI=1S/C10H16N2O2/c1-10(3-2-4-13-7-10)12-6-9-5-11-8-14-9/h5,8,12H,2-4,6-7H2,1H3. The Balaban J connectivity index is 1.84. The average molecular weight is 196 g/mol. The summed E-state index contributed by atoms with van der Waals surface area (Å²) in [5.41, 5.74) is 0.0883. The first-order valence-corrected chi connectivity index (χ1v) is 4.99. The Kier molecular flexibility index (Phi) is 2.84. The van der Waals surface area contributed by atoms with Gasteiger partial charge in [0, 0.05) is 12.1 Å². The Hall–Kier alpha value is -0.870. The van der Waals surface area contributed by atoms with Gasteiger partial charge in [0.05, 0.1) is 19.3 Å². The molecule has 1 unspecified atom stereocenters. The van der Waals surface area contributed by atoms with Crippen LogP contribution in [0.2, 0.25) is 0 Å². The molecular formula is C10H16N2O2. The quantitative estimate of drug-likeness (QED) is 0.792. The van der Waals surface area contributed by atoms with Gasteiger partial charge >= 0.3 is 0 Å². The Morgan fingerprint density at radius 1 is 1.64 bits per heavy atom. The number of nitrogens with zero attached hydrogens (tertiary/aromatic N) is 1. The van der Waals surface area contributed by atoms with Crippen LogP contribution in [0, 0.1) is 0 Å². The molecule has 1 fully saturated rings. The highest BCUT2D eigenvalue weighted by Crippen LogP contribution is 2.18. The van der Waals surface area contributed by atoms with Crippen molar-refractivity contribution in [1.82, 2.24) is 10.3 Å². The fraction of sp³-hybridized carbons (Fsp3) is 0.700. The zero-order valence-corrected chi connectivity index (χ0v) is 8.45. The number of oxazole rings is 1. The molecule has 0 bridgehead atoms. The number of rotatable bonds is 3. The Morgan fingerprint density at radius 2 is 2.57 bits per heavy atom. The predicted octanol–water partition coefficient (Wildman–Crippen LogP) is 1.33. The summed E-state index contributed by atoms with van der Waals surface area (Å²) < 4.78 is 10.6. The lowest BCUT2D eigenvalue weighted by Gasteiger charge is -2.34. The van der Waals surface area contributed by atoms with Crippen molar-refractivity contribution in [2.75, 3.05) is 13.2 Å². The van der Waals surface area contributed by atoms with Gasteiger partial charge in [-0.25, -0.2) is 4.98 Å². The van der Waals surface area contributed by atoms with E-state index in [4.69, 9.17) is 9.15 Å². The highest BCUT2D eigenvalue weighted by Gasteiger charge is 2.26. The van der Waals surface area contributed by atoms with Crippen LogP contribution in [-0.4, -0.2) is 23.7 Å². The molecule has 1 aromatic heterocycles. The normalized spacial score (nSPS) is 27.8. The number of aromatic nitrogens is 1. The van der Waals surface area contributed by atoms with Crippen molar-refractivity contribution in [1.29, 1.82) is 0 Å². The first-order valence-electron chi connectivity index (χ1n) is 4.99. The average Bonchev–Trinajstić information content (AvgIpc) is 2.69. The molecule has 0 radical (unpaired) electrons. The van der Waals surface area contributed by atoms with Crippen LogP contribution in [0.15, 0.2) is 17.0 Å². The molecule has 0 amide bonds. The van der Waals surface area contributed by atoms with Gasteiger partial charge in [-0.05, 0) is 19.8 Å². The first kappa shape index (κ1) is 9.68. The summed E-state index contributed by atoms with van der Waals surface area (Å²) in [6, 6.07) is 0. The molecule has 4 nitrogen and oxygen atoms in total. The van der Waals surface area contributed by atoms with Gasteiger partial charge in [-0.2, -0.15) is 0 Å². The topological polar surface area (TPSA) is 47.3 Å². The molecule has 1 saturated heterocycles. The Morgan fingerprint density at radius 3 is 3.21 bits per heavy atom. The van der Waals surface area contributed by atoms with Crippen molar-refractivity contribution in [2.45, 2.75) is 31.8 Å². The number of nitrogens with one attached hydrogen (secondary N) is 1. The maximum Gasteiger partial charge on any atom is 0.180 e. The van der Waals surface area contributed by atoms with Crippen LogP contribution in [0.3, 0.4) is 0 Å². The zero-order valence-electron chi connectivity index (χ0n) is 8.45. The van der Waals surface area contributed by atoms with E-state index in [1.807, 2.05) is 0 Å². The molecule has 0 spiro atoms. The first-order chi connectivity index (χ1) is 6.79. The van der Waals surface area contributed by atoms with Crippen LogP contribution >= 0.6 is 0 Å². The van der Waals surface area contributed by atoms with Crippen molar-refractivity contribution in [3.8, 4) is 0 Å². The Bertz CT molecular complexity index is 266. The van der Waals surface area contributed by atoms with Gasteiger partial charge in [0.2, 0.25) is 0 Å². The van der Waals surface area contributed by atoms with Gasteiger partial charge in [0.25, 0.3) is 0 Å². The third-order valence-corrected chi connectivity index (χ3v) is 2.61. The molecule has 1 N–H and O–H groups in total. The predicted molar refractivity (Wildman–Crippen MR) is 51.8 cm³/mol. The van der Waals surface area contributed by atoms with Crippen LogP contribution in [-0.2, 0) is 11.3 Å². The van der Waals surface area contributed by atoms with Gasteiger partial charge in [-0.15, -0.1) is 0 Å². The minimum Gasteiger partial charge on any atom is -0.447 e. The van der Waals surface area contributed by atoms with E-state index >= 15 is 0 Å². The van der Waals surface area contributed by atoms with Crippen molar-refractivity contribution >= 4 is 0 Å². The van der Waals surface area contributed by atoms with E-state index in [2.05, 4.69) is 17.2 Å². The van der Waals surface area contributed by atoms with Crippen LogP contribution in [0.1, 0.15) is 25.5 Å². The lowest BCUT2D eigenvalue weighted by atomic mass is 9.95. The summed E-state index contributed by atoms with van der Waals surface area (Å²) >= 11 is 0. The molecule has 4 heteroatoms. The molecule has 14 heavy (non-hydrogen) atoms. The van der Waals surface area contributed by atoms with Gasteiger partial charge in [-0.1, -0.05) is 0 Å². The molecule has 0 saturated carbocycles. The van der Waals surface area contributed by atoms with Crippen LogP contribution in [0.5, 0.6) is 0 Å². The van der Waals surface area contributed by atoms with E-state index in [0.29, 0.717) is 0 Å². The zero-order chi connectivity index (χ0) is 9.86. The molecule has 2 rings (SSSR count). The van der Waals surface area contributed by atoms with E-state index < -0.39 is 0 Å². The van der Waals surface area contributed by atoms with E-state index in [9.17, 15) is 0 Å². The van der Waals surface area contributed by atoms with Gasteiger partial charge in [0.1, 0.15) is 5.76 Å². The minimum atomic E-state index is 0.0883. The second-order valence-corrected chi connectivity index (χ2v) is 4.04. The monoisotopic (exact) mass is 196 g/mol. The van der Waals surface area contributed by atoms with Gasteiger partial charge in [0.15, 0.2) is 6.39 Å². The molecule has 78 valence electrons. The smallest absolute Gasteiger partial charge is 0.180 e. The molecule has 1 atom stereocenters. The summed E-state index contributed by atoms with van der Waals surface area (Å²) in [7, 11) is 0. The van der Waals surface area contributed by atoms with E-state index in [0.717, 1.165) is 38.4 Å². The SMILES string of the molecule is CC1(NCc2cnco2)CCCOC1. The maximum atomic E-state index is 5.45. The molecule has 1 aliphatic heterocycles. The summed E-state index contributed by atoms with van der Waals surface area (Å²) in [4.78, 5) is 3.87. The lowest BCUT2D eigenvalue weighted by Crippen LogP contribution is -2.48. The van der Waals surface area contributed by atoms with Crippen molar-refractivity contribution < 1.29 is 9.15 Å².